The predicted molar refractivity (Wildman–Crippen MR) is 84.8 cm³/mol. The molecule has 2 heteroatoms. The normalized spacial score (nSPS) is 36.8. The topological polar surface area (TPSA) is 15.3 Å². The third-order valence-corrected chi connectivity index (χ3v) is 5.48. The number of rotatable bonds is 3. The van der Waals surface area contributed by atoms with E-state index in [9.17, 15) is 0 Å². The molecule has 3 atom stereocenters. The molecular weight excluding hydrogens is 244 g/mol. The van der Waals surface area contributed by atoms with Gasteiger partial charge < -0.3 is 5.32 Å². The van der Waals surface area contributed by atoms with Crippen LogP contribution in [0.4, 0.5) is 0 Å². The van der Waals surface area contributed by atoms with E-state index in [0.717, 1.165) is 19.1 Å². The van der Waals surface area contributed by atoms with Crippen LogP contribution in [0.15, 0.2) is 30.3 Å². The van der Waals surface area contributed by atoms with Gasteiger partial charge in [-0.2, -0.15) is 0 Å². The van der Waals surface area contributed by atoms with E-state index in [1.54, 1.807) is 0 Å². The van der Waals surface area contributed by atoms with Crippen molar-refractivity contribution in [1.82, 2.24) is 10.2 Å². The van der Waals surface area contributed by atoms with Crippen LogP contribution < -0.4 is 5.32 Å². The summed E-state index contributed by atoms with van der Waals surface area (Å²) in [4.78, 5) is 2.77. The van der Waals surface area contributed by atoms with Gasteiger partial charge in [0.25, 0.3) is 0 Å². The van der Waals surface area contributed by atoms with Crippen LogP contribution in [0.1, 0.15) is 52.1 Å². The van der Waals surface area contributed by atoms with Crippen molar-refractivity contribution in [2.75, 3.05) is 13.1 Å². The minimum Gasteiger partial charge on any atom is -0.308 e. The fourth-order valence-electron chi connectivity index (χ4n) is 3.58. The van der Waals surface area contributed by atoms with Crippen molar-refractivity contribution in [2.24, 2.45) is 5.41 Å². The Kier molecular flexibility index (Phi) is 3.42. The molecule has 2 nitrogen and oxygen atoms in total. The van der Waals surface area contributed by atoms with Crippen molar-refractivity contribution in [1.29, 1.82) is 0 Å². The highest BCUT2D eigenvalue weighted by Crippen LogP contribution is 2.52. The molecule has 3 unspecified atom stereocenters. The molecule has 0 bridgehead atoms. The summed E-state index contributed by atoms with van der Waals surface area (Å²) >= 11 is 0. The lowest BCUT2D eigenvalue weighted by Gasteiger charge is -2.47. The Morgan fingerprint density at radius 1 is 1.20 bits per heavy atom. The molecule has 1 saturated heterocycles. The van der Waals surface area contributed by atoms with Gasteiger partial charge in [-0.25, -0.2) is 0 Å². The summed E-state index contributed by atoms with van der Waals surface area (Å²) in [6, 6.07) is 12.3. The van der Waals surface area contributed by atoms with Crippen LogP contribution in [0.25, 0.3) is 0 Å². The zero-order valence-electron chi connectivity index (χ0n) is 13.3. The summed E-state index contributed by atoms with van der Waals surface area (Å²) in [5, 5.41) is 3.79. The Morgan fingerprint density at radius 2 is 1.85 bits per heavy atom. The van der Waals surface area contributed by atoms with Crippen LogP contribution in [-0.2, 0) is 0 Å². The highest BCUT2D eigenvalue weighted by Gasteiger charge is 2.53. The lowest BCUT2D eigenvalue weighted by atomic mass is 9.90. The molecule has 0 radical (unpaired) electrons. The molecule has 0 amide bonds. The molecule has 1 aliphatic carbocycles. The van der Waals surface area contributed by atoms with E-state index < -0.39 is 0 Å². The van der Waals surface area contributed by atoms with Gasteiger partial charge in [-0.3, -0.25) is 4.90 Å². The van der Waals surface area contributed by atoms with Gasteiger partial charge in [0.05, 0.1) is 0 Å². The van der Waals surface area contributed by atoms with E-state index >= 15 is 0 Å². The number of hydrogen-bond donors (Lipinski definition) is 1. The Balaban J connectivity index is 1.86. The van der Waals surface area contributed by atoms with Crippen LogP contribution >= 0.6 is 0 Å². The van der Waals surface area contributed by atoms with Gasteiger partial charge in [0.1, 0.15) is 0 Å². The van der Waals surface area contributed by atoms with Crippen molar-refractivity contribution < 1.29 is 0 Å². The van der Waals surface area contributed by atoms with Gasteiger partial charge in [-0.15, -0.1) is 0 Å². The van der Waals surface area contributed by atoms with Crippen LogP contribution in [0.5, 0.6) is 0 Å². The minimum absolute atomic E-state index is 0.268. The maximum absolute atomic E-state index is 3.79. The van der Waals surface area contributed by atoms with Crippen LogP contribution in [0, 0.1) is 5.41 Å². The number of piperazine rings is 1. The van der Waals surface area contributed by atoms with Crippen molar-refractivity contribution in [3.8, 4) is 0 Å². The molecule has 1 aromatic carbocycles. The molecule has 0 spiro atoms. The lowest BCUT2D eigenvalue weighted by molar-refractivity contribution is 0.0664. The Bertz CT molecular complexity index is 468. The van der Waals surface area contributed by atoms with Crippen LogP contribution in [-0.4, -0.2) is 29.6 Å². The first kappa shape index (κ1) is 14.1. The maximum Gasteiger partial charge on any atom is 0.0476 e. The molecule has 2 fully saturated rings. The van der Waals surface area contributed by atoms with Gasteiger partial charge in [0, 0.05) is 30.7 Å². The summed E-state index contributed by atoms with van der Waals surface area (Å²) in [6.45, 7) is 11.7. The largest absolute Gasteiger partial charge is 0.308 e. The van der Waals surface area contributed by atoms with Crippen molar-refractivity contribution in [3.63, 3.8) is 0 Å². The second-order valence-corrected chi connectivity index (χ2v) is 7.60. The van der Waals surface area contributed by atoms with E-state index in [1.165, 1.54) is 18.4 Å². The molecule has 110 valence electrons. The van der Waals surface area contributed by atoms with Crippen LogP contribution in [0.3, 0.4) is 0 Å². The zero-order valence-corrected chi connectivity index (χ0v) is 13.3. The molecular formula is C18H28N2. The second-order valence-electron chi connectivity index (χ2n) is 7.60. The van der Waals surface area contributed by atoms with E-state index in [0.29, 0.717) is 11.5 Å². The quantitative estimate of drug-likeness (QED) is 0.904. The lowest BCUT2D eigenvalue weighted by Crippen LogP contribution is -2.60. The summed E-state index contributed by atoms with van der Waals surface area (Å²) in [6.07, 6.45) is 2.54. The first-order chi connectivity index (χ1) is 9.45. The third-order valence-electron chi connectivity index (χ3n) is 5.48. The van der Waals surface area contributed by atoms with Crippen LogP contribution in [0.2, 0.25) is 0 Å². The summed E-state index contributed by atoms with van der Waals surface area (Å²) in [5.74, 6) is 0. The average molecular weight is 272 g/mol. The molecule has 1 heterocycles. The monoisotopic (exact) mass is 272 g/mol. The Hall–Kier alpha value is -0.860. The van der Waals surface area contributed by atoms with Gasteiger partial charge in [-0.1, -0.05) is 51.1 Å². The summed E-state index contributed by atoms with van der Waals surface area (Å²) in [7, 11) is 0. The van der Waals surface area contributed by atoms with E-state index in [4.69, 9.17) is 0 Å². The molecule has 1 aliphatic heterocycles. The number of hydrogen-bond acceptors (Lipinski definition) is 2. The Labute approximate surface area is 123 Å². The van der Waals surface area contributed by atoms with E-state index in [-0.39, 0.29) is 5.54 Å². The van der Waals surface area contributed by atoms with Gasteiger partial charge >= 0.3 is 0 Å². The fourth-order valence-corrected chi connectivity index (χ4v) is 3.58. The standard InChI is InChI=1S/C18H28N2/c1-5-18(4)13-20(16-11-17(16,2)3)15(12-19-18)14-9-7-6-8-10-14/h6-10,15-16,19H,5,11-13H2,1-4H3. The molecule has 0 aromatic heterocycles. The first-order valence-corrected chi connectivity index (χ1v) is 8.01. The van der Waals surface area contributed by atoms with E-state index in [2.05, 4.69) is 68.2 Å². The Morgan fingerprint density at radius 3 is 2.40 bits per heavy atom. The smallest absolute Gasteiger partial charge is 0.0476 e. The van der Waals surface area contributed by atoms with Gasteiger partial charge in [0.15, 0.2) is 0 Å². The summed E-state index contributed by atoms with van der Waals surface area (Å²) in [5.41, 5.74) is 2.23. The molecule has 1 saturated carbocycles. The van der Waals surface area contributed by atoms with Gasteiger partial charge in [0.2, 0.25) is 0 Å². The SMILES string of the molecule is CCC1(C)CN(C2CC2(C)C)C(c2ccccc2)CN1. The third kappa shape index (κ3) is 2.51. The maximum atomic E-state index is 3.79. The second kappa shape index (κ2) is 4.85. The number of benzene rings is 1. The number of nitrogens with one attached hydrogen (secondary N) is 1. The predicted octanol–water partition coefficient (Wildman–Crippen LogP) is 3.60. The van der Waals surface area contributed by atoms with Crippen molar-refractivity contribution >= 4 is 0 Å². The zero-order chi connectivity index (χ0) is 14.4. The molecule has 2 aliphatic rings. The van der Waals surface area contributed by atoms with Gasteiger partial charge in [-0.05, 0) is 30.7 Å². The van der Waals surface area contributed by atoms with Crippen molar-refractivity contribution in [3.05, 3.63) is 35.9 Å². The highest BCUT2D eigenvalue weighted by atomic mass is 15.3. The first-order valence-electron chi connectivity index (χ1n) is 8.01. The minimum atomic E-state index is 0.268. The molecule has 3 rings (SSSR count). The van der Waals surface area contributed by atoms with Crippen molar-refractivity contribution in [2.45, 2.75) is 58.2 Å². The molecule has 20 heavy (non-hydrogen) atoms. The number of nitrogens with zero attached hydrogens (tertiary/aromatic N) is 1. The fraction of sp³-hybridized carbons (Fsp3) is 0.667. The highest BCUT2D eigenvalue weighted by molar-refractivity contribution is 5.23. The summed E-state index contributed by atoms with van der Waals surface area (Å²) < 4.78 is 0. The average Bonchev–Trinajstić information content (AvgIpc) is 3.09. The molecule has 1 N–H and O–H groups in total. The molecule has 1 aromatic rings. The van der Waals surface area contributed by atoms with E-state index in [1.807, 2.05) is 0 Å².